The van der Waals surface area contributed by atoms with E-state index in [-0.39, 0.29) is 11.7 Å². The number of thiazole rings is 1. The normalized spacial score (nSPS) is 11.0. The van der Waals surface area contributed by atoms with Gasteiger partial charge in [0.25, 0.3) is 0 Å². The van der Waals surface area contributed by atoms with Crippen LogP contribution in [0.4, 0.5) is 5.13 Å². The summed E-state index contributed by atoms with van der Waals surface area (Å²) < 4.78 is 7.32. The highest BCUT2D eigenvalue weighted by molar-refractivity contribution is 7.99. The quantitative estimate of drug-likeness (QED) is 0.535. The molecular weight excluding hydrogens is 394 g/mol. The Bertz CT molecular complexity index is 892. The number of carbonyl (C=O) groups is 1. The Hall–Kier alpha value is -2.39. The van der Waals surface area contributed by atoms with Gasteiger partial charge in [-0.05, 0) is 23.6 Å². The highest BCUT2D eigenvalue weighted by Gasteiger charge is 2.16. The molecule has 3 rings (SSSR count). The zero-order valence-corrected chi connectivity index (χ0v) is 17.7. The number of hydrogen-bond acceptors (Lipinski definition) is 7. The van der Waals surface area contributed by atoms with E-state index in [0.29, 0.717) is 17.5 Å². The number of thioether (sulfide) groups is 1. The molecule has 9 heteroatoms. The number of nitrogens with zero attached hydrogens (tertiary/aromatic N) is 4. The number of anilines is 1. The van der Waals surface area contributed by atoms with Crippen LogP contribution in [0.3, 0.4) is 0 Å². The Morgan fingerprint density at radius 2 is 2.07 bits per heavy atom. The van der Waals surface area contributed by atoms with Gasteiger partial charge in [-0.25, -0.2) is 4.98 Å². The van der Waals surface area contributed by atoms with Gasteiger partial charge < -0.3 is 14.6 Å². The van der Waals surface area contributed by atoms with Crippen molar-refractivity contribution in [2.45, 2.75) is 32.0 Å². The monoisotopic (exact) mass is 417 g/mol. The molecule has 0 unspecified atom stereocenters. The second-order valence-electron chi connectivity index (χ2n) is 6.60. The third-order valence-electron chi connectivity index (χ3n) is 3.87. The number of hydrogen-bond donors (Lipinski definition) is 1. The Morgan fingerprint density at radius 1 is 1.29 bits per heavy atom. The Kier molecular flexibility index (Phi) is 7.05. The van der Waals surface area contributed by atoms with Crippen molar-refractivity contribution in [1.29, 1.82) is 0 Å². The van der Waals surface area contributed by atoms with Gasteiger partial charge in [0.2, 0.25) is 5.91 Å². The lowest BCUT2D eigenvalue weighted by Crippen LogP contribution is -2.15. The lowest BCUT2D eigenvalue weighted by Gasteiger charge is -2.12. The number of rotatable bonds is 9. The smallest absolute Gasteiger partial charge is 0.236 e. The number of aromatic nitrogens is 4. The van der Waals surface area contributed by atoms with Gasteiger partial charge in [-0.3, -0.25) is 4.79 Å². The van der Waals surface area contributed by atoms with Gasteiger partial charge in [0.15, 0.2) is 10.3 Å². The zero-order valence-electron chi connectivity index (χ0n) is 16.1. The molecular formula is C19H23N5O2S2. The molecule has 0 atom stereocenters. The highest BCUT2D eigenvalue weighted by atomic mass is 32.2. The van der Waals surface area contributed by atoms with Crippen LogP contribution in [0.25, 0.3) is 0 Å². The molecule has 0 saturated heterocycles. The van der Waals surface area contributed by atoms with E-state index in [0.717, 1.165) is 28.8 Å². The van der Waals surface area contributed by atoms with Gasteiger partial charge in [0, 0.05) is 24.5 Å². The van der Waals surface area contributed by atoms with Crippen LogP contribution in [-0.4, -0.2) is 38.5 Å². The number of benzene rings is 1. The number of ether oxygens (including phenoxy) is 1. The molecule has 2 heterocycles. The van der Waals surface area contributed by atoms with Crippen molar-refractivity contribution in [2.24, 2.45) is 5.92 Å². The zero-order chi connectivity index (χ0) is 19.9. The van der Waals surface area contributed by atoms with E-state index in [1.165, 1.54) is 23.1 Å². The van der Waals surface area contributed by atoms with Crippen LogP contribution in [0.15, 0.2) is 41.0 Å². The summed E-state index contributed by atoms with van der Waals surface area (Å²) in [6.07, 6.45) is 2.34. The number of methoxy groups -OCH3 is 1. The average molecular weight is 418 g/mol. The van der Waals surface area contributed by atoms with Crippen molar-refractivity contribution in [3.63, 3.8) is 0 Å². The fourth-order valence-electron chi connectivity index (χ4n) is 2.60. The second kappa shape index (κ2) is 9.70. The summed E-state index contributed by atoms with van der Waals surface area (Å²) in [7, 11) is 1.66. The predicted octanol–water partition coefficient (Wildman–Crippen LogP) is 3.72. The molecule has 1 N–H and O–H groups in total. The molecule has 0 spiro atoms. The molecule has 1 amide bonds. The molecule has 1 aromatic carbocycles. The summed E-state index contributed by atoms with van der Waals surface area (Å²) in [5, 5.41) is 14.7. The molecule has 0 radical (unpaired) electrons. The molecule has 148 valence electrons. The first kappa shape index (κ1) is 20.3. The summed E-state index contributed by atoms with van der Waals surface area (Å²) in [5.74, 6) is 2.32. The lowest BCUT2D eigenvalue weighted by atomic mass is 10.1. The fourth-order valence-corrected chi connectivity index (χ4v) is 3.91. The molecule has 0 aliphatic heterocycles. The third kappa shape index (κ3) is 5.56. The topological polar surface area (TPSA) is 81.9 Å². The molecule has 2 aromatic heterocycles. The number of nitrogens with one attached hydrogen (secondary N) is 1. The largest absolute Gasteiger partial charge is 0.497 e. The summed E-state index contributed by atoms with van der Waals surface area (Å²) in [6, 6.07) is 7.94. The molecule has 0 aliphatic rings. The van der Waals surface area contributed by atoms with Crippen molar-refractivity contribution in [1.82, 2.24) is 19.7 Å². The Labute approximate surface area is 172 Å². The molecule has 0 aliphatic carbocycles. The summed E-state index contributed by atoms with van der Waals surface area (Å²) >= 11 is 2.79. The Balaban J connectivity index is 1.69. The molecule has 0 fully saturated rings. The van der Waals surface area contributed by atoms with E-state index in [1.54, 1.807) is 13.3 Å². The molecule has 3 aromatic rings. The van der Waals surface area contributed by atoms with E-state index in [4.69, 9.17) is 4.74 Å². The van der Waals surface area contributed by atoms with Crippen LogP contribution in [0.5, 0.6) is 5.75 Å². The van der Waals surface area contributed by atoms with Gasteiger partial charge in [-0.15, -0.1) is 21.5 Å². The van der Waals surface area contributed by atoms with Gasteiger partial charge in [-0.2, -0.15) is 0 Å². The molecule has 7 nitrogen and oxygen atoms in total. The first-order valence-electron chi connectivity index (χ1n) is 8.92. The van der Waals surface area contributed by atoms with Crippen molar-refractivity contribution >= 4 is 34.1 Å². The van der Waals surface area contributed by atoms with Crippen LogP contribution in [0.2, 0.25) is 0 Å². The molecule has 0 saturated carbocycles. The maximum Gasteiger partial charge on any atom is 0.236 e. The van der Waals surface area contributed by atoms with Crippen molar-refractivity contribution in [3.05, 3.63) is 47.2 Å². The first-order valence-corrected chi connectivity index (χ1v) is 10.8. The summed E-state index contributed by atoms with van der Waals surface area (Å²) in [4.78, 5) is 16.2. The first-order chi connectivity index (χ1) is 13.5. The highest BCUT2D eigenvalue weighted by Crippen LogP contribution is 2.22. The van der Waals surface area contributed by atoms with Crippen molar-refractivity contribution < 1.29 is 9.53 Å². The molecule has 0 bridgehead atoms. The van der Waals surface area contributed by atoms with Gasteiger partial charge in [0.1, 0.15) is 11.6 Å². The number of carbonyl (C=O) groups excluding carboxylic acids is 1. The summed E-state index contributed by atoms with van der Waals surface area (Å²) in [6.45, 7) is 5.11. The van der Waals surface area contributed by atoms with Crippen LogP contribution < -0.4 is 10.1 Å². The van der Waals surface area contributed by atoms with E-state index >= 15 is 0 Å². The van der Waals surface area contributed by atoms with Crippen LogP contribution in [-0.2, 0) is 17.8 Å². The standard InChI is InChI=1S/C19H23N5O2S2/c1-13(2)11-24-16(10-14-4-6-15(26-3)7-5-14)22-23-19(24)28-12-17(25)21-18-20-8-9-27-18/h4-9,13H,10-12H2,1-3H3,(H,20,21,25). The fraction of sp³-hybridized carbons (Fsp3) is 0.368. The molecule has 28 heavy (non-hydrogen) atoms. The van der Waals surface area contributed by atoms with Crippen LogP contribution in [0, 0.1) is 5.92 Å². The van der Waals surface area contributed by atoms with Crippen molar-refractivity contribution in [2.75, 3.05) is 18.2 Å². The van der Waals surface area contributed by atoms with Gasteiger partial charge in [-0.1, -0.05) is 37.7 Å². The van der Waals surface area contributed by atoms with Crippen LogP contribution in [0.1, 0.15) is 25.2 Å². The Morgan fingerprint density at radius 3 is 2.71 bits per heavy atom. The second-order valence-corrected chi connectivity index (χ2v) is 8.44. The van der Waals surface area contributed by atoms with Crippen molar-refractivity contribution in [3.8, 4) is 5.75 Å². The minimum atomic E-state index is -0.101. The van der Waals surface area contributed by atoms with Crippen LogP contribution >= 0.6 is 23.1 Å². The SMILES string of the molecule is COc1ccc(Cc2nnc(SCC(=O)Nc3nccs3)n2CC(C)C)cc1. The maximum atomic E-state index is 12.1. The minimum Gasteiger partial charge on any atom is -0.497 e. The maximum absolute atomic E-state index is 12.1. The van der Waals surface area contributed by atoms with E-state index in [1.807, 2.05) is 29.6 Å². The van der Waals surface area contributed by atoms with E-state index in [9.17, 15) is 4.79 Å². The van der Waals surface area contributed by atoms with Gasteiger partial charge >= 0.3 is 0 Å². The average Bonchev–Trinajstić information content (AvgIpc) is 3.31. The number of amides is 1. The van der Waals surface area contributed by atoms with Gasteiger partial charge in [0.05, 0.1) is 12.9 Å². The third-order valence-corrected chi connectivity index (χ3v) is 5.53. The lowest BCUT2D eigenvalue weighted by molar-refractivity contribution is -0.113. The predicted molar refractivity (Wildman–Crippen MR) is 112 cm³/mol. The minimum absolute atomic E-state index is 0.101. The van der Waals surface area contributed by atoms with E-state index < -0.39 is 0 Å². The van der Waals surface area contributed by atoms with E-state index in [2.05, 4.69) is 38.9 Å². The summed E-state index contributed by atoms with van der Waals surface area (Å²) in [5.41, 5.74) is 1.14.